The summed E-state index contributed by atoms with van der Waals surface area (Å²) in [6, 6.07) is 0. The molecule has 0 radical (unpaired) electrons. The summed E-state index contributed by atoms with van der Waals surface area (Å²) in [5, 5.41) is 3.49. The van der Waals surface area contributed by atoms with Crippen LogP contribution in [-0.4, -0.2) is 36.6 Å². The molecule has 0 aromatic heterocycles. The molecule has 1 aliphatic rings. The fourth-order valence-corrected chi connectivity index (χ4v) is 2.03. The zero-order valence-corrected chi connectivity index (χ0v) is 9.40. The SMILES string of the molecule is CCCCN1CCNCC1(C)CC. The van der Waals surface area contributed by atoms with Crippen molar-refractivity contribution >= 4 is 0 Å². The molecule has 78 valence electrons. The van der Waals surface area contributed by atoms with E-state index < -0.39 is 0 Å². The number of nitrogens with one attached hydrogen (secondary N) is 1. The molecule has 1 N–H and O–H groups in total. The Morgan fingerprint density at radius 2 is 2.15 bits per heavy atom. The standard InChI is InChI=1S/C11H24N2/c1-4-6-8-13-9-7-12-10-11(13,3)5-2/h12H,4-10H2,1-3H3. The average molecular weight is 184 g/mol. The van der Waals surface area contributed by atoms with E-state index in [1.165, 1.54) is 38.9 Å². The molecule has 1 aliphatic heterocycles. The number of nitrogens with zero attached hydrogens (tertiary/aromatic N) is 1. The highest BCUT2D eigenvalue weighted by Gasteiger charge is 2.31. The van der Waals surface area contributed by atoms with Crippen molar-refractivity contribution in [3.8, 4) is 0 Å². The Hall–Kier alpha value is -0.0800. The van der Waals surface area contributed by atoms with E-state index in [2.05, 4.69) is 31.0 Å². The van der Waals surface area contributed by atoms with Gasteiger partial charge in [-0.1, -0.05) is 20.3 Å². The van der Waals surface area contributed by atoms with Crippen LogP contribution in [0.15, 0.2) is 0 Å². The molecule has 2 nitrogen and oxygen atoms in total. The van der Waals surface area contributed by atoms with Gasteiger partial charge in [0, 0.05) is 25.2 Å². The number of hydrogen-bond donors (Lipinski definition) is 1. The van der Waals surface area contributed by atoms with Gasteiger partial charge in [-0.25, -0.2) is 0 Å². The molecule has 0 aromatic carbocycles. The van der Waals surface area contributed by atoms with Crippen LogP contribution in [-0.2, 0) is 0 Å². The van der Waals surface area contributed by atoms with Crippen molar-refractivity contribution in [2.45, 2.75) is 45.6 Å². The Kier molecular flexibility index (Phi) is 4.20. The van der Waals surface area contributed by atoms with Crippen molar-refractivity contribution in [1.29, 1.82) is 0 Å². The Bertz CT molecular complexity index is 147. The van der Waals surface area contributed by atoms with Crippen LogP contribution in [0.1, 0.15) is 40.0 Å². The van der Waals surface area contributed by atoms with Gasteiger partial charge in [0.1, 0.15) is 0 Å². The van der Waals surface area contributed by atoms with E-state index in [4.69, 9.17) is 0 Å². The van der Waals surface area contributed by atoms with Crippen LogP contribution in [0.25, 0.3) is 0 Å². The molecule has 0 amide bonds. The molecule has 0 aromatic rings. The van der Waals surface area contributed by atoms with Crippen molar-refractivity contribution in [2.75, 3.05) is 26.2 Å². The van der Waals surface area contributed by atoms with E-state index >= 15 is 0 Å². The molecule has 1 heterocycles. The van der Waals surface area contributed by atoms with Crippen LogP contribution >= 0.6 is 0 Å². The molecule has 2 heteroatoms. The van der Waals surface area contributed by atoms with Crippen molar-refractivity contribution in [3.05, 3.63) is 0 Å². The summed E-state index contributed by atoms with van der Waals surface area (Å²) in [6.07, 6.45) is 3.91. The molecule has 1 unspecified atom stereocenters. The predicted octanol–water partition coefficient (Wildman–Crippen LogP) is 1.86. The first-order valence-electron chi connectivity index (χ1n) is 5.68. The summed E-state index contributed by atoms with van der Waals surface area (Å²) < 4.78 is 0. The number of piperazine rings is 1. The van der Waals surface area contributed by atoms with Crippen LogP contribution in [0.3, 0.4) is 0 Å². The van der Waals surface area contributed by atoms with Gasteiger partial charge >= 0.3 is 0 Å². The maximum Gasteiger partial charge on any atom is 0.0303 e. The molecular weight excluding hydrogens is 160 g/mol. The van der Waals surface area contributed by atoms with E-state index in [0.29, 0.717) is 5.54 Å². The van der Waals surface area contributed by atoms with Gasteiger partial charge in [-0.05, 0) is 26.3 Å². The zero-order valence-electron chi connectivity index (χ0n) is 9.40. The highest BCUT2D eigenvalue weighted by atomic mass is 15.2. The second-order valence-corrected chi connectivity index (χ2v) is 4.37. The van der Waals surface area contributed by atoms with Gasteiger partial charge in [0.25, 0.3) is 0 Å². The lowest BCUT2D eigenvalue weighted by molar-refractivity contribution is 0.0701. The largest absolute Gasteiger partial charge is 0.314 e. The molecule has 1 rings (SSSR count). The van der Waals surface area contributed by atoms with E-state index in [-0.39, 0.29) is 0 Å². The molecule has 1 saturated heterocycles. The Balaban J connectivity index is 2.46. The lowest BCUT2D eigenvalue weighted by Gasteiger charge is -2.45. The first-order valence-corrected chi connectivity index (χ1v) is 5.68. The van der Waals surface area contributed by atoms with E-state index in [9.17, 15) is 0 Å². The molecular formula is C11H24N2. The summed E-state index contributed by atoms with van der Waals surface area (Å²) in [5.41, 5.74) is 0.410. The number of hydrogen-bond acceptors (Lipinski definition) is 2. The first kappa shape index (κ1) is 11.0. The second kappa shape index (κ2) is 4.97. The van der Waals surface area contributed by atoms with Crippen LogP contribution < -0.4 is 5.32 Å². The molecule has 0 spiro atoms. The third kappa shape index (κ3) is 2.68. The average Bonchev–Trinajstić information content (AvgIpc) is 2.17. The molecule has 0 saturated carbocycles. The molecule has 0 bridgehead atoms. The molecule has 0 aliphatic carbocycles. The van der Waals surface area contributed by atoms with Crippen LogP contribution in [0.4, 0.5) is 0 Å². The Morgan fingerprint density at radius 1 is 1.38 bits per heavy atom. The predicted molar refractivity (Wildman–Crippen MR) is 58.0 cm³/mol. The fraction of sp³-hybridized carbons (Fsp3) is 1.00. The van der Waals surface area contributed by atoms with Gasteiger partial charge in [-0.2, -0.15) is 0 Å². The fourth-order valence-electron chi connectivity index (χ4n) is 2.03. The van der Waals surface area contributed by atoms with Crippen molar-refractivity contribution in [3.63, 3.8) is 0 Å². The summed E-state index contributed by atoms with van der Waals surface area (Å²) in [4.78, 5) is 2.66. The van der Waals surface area contributed by atoms with E-state index in [0.717, 1.165) is 6.54 Å². The van der Waals surface area contributed by atoms with Crippen molar-refractivity contribution < 1.29 is 0 Å². The summed E-state index contributed by atoms with van der Waals surface area (Å²) in [6.45, 7) is 11.8. The third-order valence-corrected chi connectivity index (χ3v) is 3.37. The van der Waals surface area contributed by atoms with Crippen LogP contribution in [0.5, 0.6) is 0 Å². The van der Waals surface area contributed by atoms with Gasteiger partial charge in [0.15, 0.2) is 0 Å². The number of unbranched alkanes of at least 4 members (excludes halogenated alkanes) is 1. The third-order valence-electron chi connectivity index (χ3n) is 3.37. The van der Waals surface area contributed by atoms with Gasteiger partial charge in [-0.3, -0.25) is 4.90 Å². The number of rotatable bonds is 4. The van der Waals surface area contributed by atoms with Crippen molar-refractivity contribution in [1.82, 2.24) is 10.2 Å². The van der Waals surface area contributed by atoms with Gasteiger partial charge < -0.3 is 5.32 Å². The summed E-state index contributed by atoms with van der Waals surface area (Å²) in [5.74, 6) is 0. The normalized spacial score (nSPS) is 30.7. The zero-order chi connectivity index (χ0) is 9.73. The monoisotopic (exact) mass is 184 g/mol. The minimum Gasteiger partial charge on any atom is -0.314 e. The minimum atomic E-state index is 0.410. The van der Waals surface area contributed by atoms with E-state index in [1.807, 2.05) is 0 Å². The van der Waals surface area contributed by atoms with Crippen LogP contribution in [0, 0.1) is 0 Å². The highest BCUT2D eigenvalue weighted by Crippen LogP contribution is 2.21. The smallest absolute Gasteiger partial charge is 0.0303 e. The lowest BCUT2D eigenvalue weighted by Crippen LogP contribution is -2.59. The summed E-state index contributed by atoms with van der Waals surface area (Å²) >= 11 is 0. The maximum absolute atomic E-state index is 3.49. The van der Waals surface area contributed by atoms with Gasteiger partial charge in [0.05, 0.1) is 0 Å². The van der Waals surface area contributed by atoms with Crippen LogP contribution in [0.2, 0.25) is 0 Å². The van der Waals surface area contributed by atoms with Crippen molar-refractivity contribution in [2.24, 2.45) is 0 Å². The quantitative estimate of drug-likeness (QED) is 0.717. The van der Waals surface area contributed by atoms with E-state index in [1.54, 1.807) is 0 Å². The lowest BCUT2D eigenvalue weighted by atomic mass is 9.94. The molecule has 13 heavy (non-hydrogen) atoms. The van der Waals surface area contributed by atoms with Gasteiger partial charge in [-0.15, -0.1) is 0 Å². The topological polar surface area (TPSA) is 15.3 Å². The molecule has 1 fully saturated rings. The highest BCUT2D eigenvalue weighted by molar-refractivity contribution is 4.90. The summed E-state index contributed by atoms with van der Waals surface area (Å²) in [7, 11) is 0. The maximum atomic E-state index is 3.49. The Labute approximate surface area is 82.7 Å². The first-order chi connectivity index (χ1) is 6.23. The molecule has 1 atom stereocenters. The van der Waals surface area contributed by atoms with Gasteiger partial charge in [0.2, 0.25) is 0 Å². The minimum absolute atomic E-state index is 0.410. The Morgan fingerprint density at radius 3 is 2.77 bits per heavy atom. The second-order valence-electron chi connectivity index (χ2n) is 4.37.